The first kappa shape index (κ1) is 18.8. The van der Waals surface area contributed by atoms with Gasteiger partial charge in [0.15, 0.2) is 17.5 Å². The predicted molar refractivity (Wildman–Crippen MR) is 104 cm³/mol. The number of hydrogen-bond acceptors (Lipinski definition) is 4. The number of aliphatic hydroxyl groups is 1. The highest BCUT2D eigenvalue weighted by Gasteiger charge is 2.35. The number of ether oxygens (including phenoxy) is 2. The maximum absolute atomic E-state index is 10.4. The molecule has 0 amide bonds. The highest BCUT2D eigenvalue weighted by molar-refractivity contribution is 5.94. The molecule has 1 fully saturated rings. The number of aliphatic imine (C=N–C) groups is 1. The Hall–Kier alpha value is -1.95. The molecule has 1 heterocycles. The zero-order chi connectivity index (χ0) is 18.4. The molecule has 1 saturated carbocycles. The lowest BCUT2D eigenvalue weighted by atomic mass is 9.73. The van der Waals surface area contributed by atoms with E-state index in [1.54, 1.807) is 0 Å². The highest BCUT2D eigenvalue weighted by Crippen LogP contribution is 2.36. The molecular weight excluding hydrogens is 330 g/mol. The number of nitrogens with one attached hydrogen (secondary N) is 2. The summed E-state index contributed by atoms with van der Waals surface area (Å²) in [5.74, 6) is 2.27. The number of hydrogen-bond donors (Lipinski definition) is 3. The number of fused-ring (bicyclic) bond motifs is 1. The molecule has 0 spiro atoms. The number of guanidine groups is 1. The van der Waals surface area contributed by atoms with Crippen LogP contribution in [0.1, 0.15) is 46.0 Å². The van der Waals surface area contributed by atoms with Crippen molar-refractivity contribution < 1.29 is 14.6 Å². The fourth-order valence-electron chi connectivity index (χ4n) is 3.51. The van der Waals surface area contributed by atoms with Crippen LogP contribution in [0.15, 0.2) is 23.2 Å². The van der Waals surface area contributed by atoms with Gasteiger partial charge in [0.1, 0.15) is 0 Å². The molecule has 3 N–H and O–H groups in total. The molecule has 2 unspecified atom stereocenters. The molecule has 1 aliphatic carbocycles. The normalized spacial score (nSPS) is 26.1. The van der Waals surface area contributed by atoms with Crippen molar-refractivity contribution in [3.8, 4) is 11.5 Å². The maximum Gasteiger partial charge on any atom is 0.195 e. The van der Waals surface area contributed by atoms with Crippen molar-refractivity contribution in [1.82, 2.24) is 5.32 Å². The quantitative estimate of drug-likeness (QED) is 0.567. The largest absolute Gasteiger partial charge is 0.490 e. The van der Waals surface area contributed by atoms with Crippen LogP contribution in [0.3, 0.4) is 0 Å². The second-order valence-electron chi connectivity index (χ2n) is 7.45. The van der Waals surface area contributed by atoms with Crippen LogP contribution in [-0.4, -0.2) is 43.5 Å². The lowest BCUT2D eigenvalue weighted by Crippen LogP contribution is -2.39. The van der Waals surface area contributed by atoms with Gasteiger partial charge in [-0.25, -0.2) is 0 Å². The third-order valence-corrected chi connectivity index (χ3v) is 5.23. The minimum absolute atomic E-state index is 0.147. The molecule has 26 heavy (non-hydrogen) atoms. The monoisotopic (exact) mass is 361 g/mol. The van der Waals surface area contributed by atoms with Gasteiger partial charge in [0.05, 0.1) is 25.9 Å². The Morgan fingerprint density at radius 1 is 1.23 bits per heavy atom. The predicted octanol–water partition coefficient (Wildman–Crippen LogP) is 3.17. The van der Waals surface area contributed by atoms with Crippen LogP contribution in [0.2, 0.25) is 0 Å². The molecule has 0 bridgehead atoms. The van der Waals surface area contributed by atoms with Crippen molar-refractivity contribution in [2.45, 2.75) is 52.1 Å². The van der Waals surface area contributed by atoms with Gasteiger partial charge >= 0.3 is 0 Å². The summed E-state index contributed by atoms with van der Waals surface area (Å²) < 4.78 is 11.4. The van der Waals surface area contributed by atoms with Crippen molar-refractivity contribution in [1.29, 1.82) is 0 Å². The zero-order valence-corrected chi connectivity index (χ0v) is 15.9. The minimum atomic E-state index is -0.277. The topological polar surface area (TPSA) is 75.1 Å². The minimum Gasteiger partial charge on any atom is -0.490 e. The van der Waals surface area contributed by atoms with Crippen molar-refractivity contribution in [3.05, 3.63) is 18.2 Å². The number of benzene rings is 1. The van der Waals surface area contributed by atoms with Gasteiger partial charge in [0.25, 0.3) is 0 Å². The zero-order valence-electron chi connectivity index (χ0n) is 15.9. The molecule has 1 aromatic rings. The fourth-order valence-corrected chi connectivity index (χ4v) is 3.51. The van der Waals surface area contributed by atoms with Gasteiger partial charge in [-0.05, 0) is 31.9 Å². The molecule has 1 aliphatic heterocycles. The van der Waals surface area contributed by atoms with Gasteiger partial charge in [-0.3, -0.25) is 4.99 Å². The Morgan fingerprint density at radius 2 is 2.04 bits per heavy atom. The molecule has 0 aromatic heterocycles. The van der Waals surface area contributed by atoms with Gasteiger partial charge in [-0.2, -0.15) is 0 Å². The molecule has 1 aromatic carbocycles. The third-order valence-electron chi connectivity index (χ3n) is 5.23. The van der Waals surface area contributed by atoms with Crippen LogP contribution in [0, 0.1) is 5.41 Å². The first-order chi connectivity index (χ1) is 12.6. The fraction of sp³-hybridized carbons (Fsp3) is 0.650. The smallest absolute Gasteiger partial charge is 0.195 e. The van der Waals surface area contributed by atoms with E-state index in [9.17, 15) is 5.11 Å². The lowest BCUT2D eigenvalue weighted by molar-refractivity contribution is 0.00721. The Morgan fingerprint density at radius 3 is 2.81 bits per heavy atom. The summed E-state index contributed by atoms with van der Waals surface area (Å²) in [6.45, 7) is 6.91. The summed E-state index contributed by atoms with van der Waals surface area (Å²) in [7, 11) is 0. The maximum atomic E-state index is 10.4. The average molecular weight is 361 g/mol. The van der Waals surface area contributed by atoms with Gasteiger partial charge in [0, 0.05) is 30.1 Å². The number of anilines is 1. The summed E-state index contributed by atoms with van der Waals surface area (Å²) in [4.78, 5) is 4.75. The van der Waals surface area contributed by atoms with E-state index in [4.69, 9.17) is 14.5 Å². The van der Waals surface area contributed by atoms with Crippen LogP contribution in [-0.2, 0) is 0 Å². The van der Waals surface area contributed by atoms with Gasteiger partial charge in [-0.15, -0.1) is 0 Å². The number of nitrogens with zero attached hydrogens (tertiary/aromatic N) is 1. The Balaban J connectivity index is 1.71. The van der Waals surface area contributed by atoms with Gasteiger partial charge < -0.3 is 25.2 Å². The summed E-state index contributed by atoms with van der Waals surface area (Å²) in [5.41, 5.74) is 0.758. The SMILES string of the molecule is CCNC(=NCC1(C)CCCCC1O)Nc1ccc2c(c1)OCCCO2. The Labute approximate surface area is 156 Å². The van der Waals surface area contributed by atoms with Crippen LogP contribution in [0.4, 0.5) is 5.69 Å². The van der Waals surface area contributed by atoms with Crippen LogP contribution in [0.25, 0.3) is 0 Å². The van der Waals surface area contributed by atoms with Crippen molar-refractivity contribution in [2.24, 2.45) is 10.4 Å². The van der Waals surface area contributed by atoms with Crippen molar-refractivity contribution in [2.75, 3.05) is 31.6 Å². The van der Waals surface area contributed by atoms with Crippen LogP contribution >= 0.6 is 0 Å². The van der Waals surface area contributed by atoms with E-state index in [-0.39, 0.29) is 11.5 Å². The van der Waals surface area contributed by atoms with E-state index in [0.29, 0.717) is 19.8 Å². The van der Waals surface area contributed by atoms with Gasteiger partial charge in [0.2, 0.25) is 0 Å². The summed E-state index contributed by atoms with van der Waals surface area (Å²) in [6.07, 6.45) is 4.77. The van der Waals surface area contributed by atoms with E-state index >= 15 is 0 Å². The van der Waals surface area contributed by atoms with Crippen molar-refractivity contribution >= 4 is 11.6 Å². The molecule has 2 atom stereocenters. The molecule has 144 valence electrons. The third kappa shape index (κ3) is 4.61. The van der Waals surface area contributed by atoms with Gasteiger partial charge in [-0.1, -0.05) is 19.8 Å². The van der Waals surface area contributed by atoms with E-state index < -0.39 is 0 Å². The van der Waals surface area contributed by atoms with Crippen molar-refractivity contribution in [3.63, 3.8) is 0 Å². The molecule has 2 aliphatic rings. The molecule has 3 rings (SSSR count). The second kappa shape index (κ2) is 8.62. The van der Waals surface area contributed by atoms with Crippen LogP contribution < -0.4 is 20.1 Å². The number of rotatable bonds is 4. The lowest BCUT2D eigenvalue weighted by Gasteiger charge is -2.37. The summed E-state index contributed by atoms with van der Waals surface area (Å²) >= 11 is 0. The molecule has 6 nitrogen and oxygen atoms in total. The molecule has 0 saturated heterocycles. The second-order valence-corrected chi connectivity index (χ2v) is 7.45. The molecule has 0 radical (unpaired) electrons. The van der Waals surface area contributed by atoms with E-state index in [1.165, 1.54) is 0 Å². The highest BCUT2D eigenvalue weighted by atomic mass is 16.5. The van der Waals surface area contributed by atoms with Crippen LogP contribution in [0.5, 0.6) is 11.5 Å². The first-order valence-corrected chi connectivity index (χ1v) is 9.74. The van der Waals surface area contributed by atoms with E-state index in [1.807, 2.05) is 25.1 Å². The standard InChI is InChI=1S/C20H31N3O3/c1-3-21-19(22-14-20(2)10-5-4-7-18(20)24)23-15-8-9-16-17(13-15)26-12-6-11-25-16/h8-9,13,18,24H,3-7,10-12,14H2,1-2H3,(H2,21,22,23). The average Bonchev–Trinajstić information content (AvgIpc) is 2.88. The first-order valence-electron chi connectivity index (χ1n) is 9.74. The van der Waals surface area contributed by atoms with E-state index in [0.717, 1.165) is 61.8 Å². The molecule has 6 heteroatoms. The Kier molecular flexibility index (Phi) is 6.25. The molecular formula is C20H31N3O3. The summed E-state index contributed by atoms with van der Waals surface area (Å²) in [5, 5.41) is 17.0. The Bertz CT molecular complexity index is 635. The van der Waals surface area contributed by atoms with E-state index in [2.05, 4.69) is 17.6 Å². The number of aliphatic hydroxyl groups excluding tert-OH is 1. The summed E-state index contributed by atoms with van der Waals surface area (Å²) in [6, 6.07) is 5.85.